The summed E-state index contributed by atoms with van der Waals surface area (Å²) in [5.41, 5.74) is 3.18. The third-order valence-electron chi connectivity index (χ3n) is 3.83. The first-order valence-electron chi connectivity index (χ1n) is 8.03. The molecule has 0 aliphatic rings. The molecule has 2 aromatic heterocycles. The van der Waals surface area contributed by atoms with E-state index in [2.05, 4.69) is 20.2 Å². The molecule has 4 aromatic rings. The van der Waals surface area contributed by atoms with E-state index in [1.54, 1.807) is 12.1 Å². The van der Waals surface area contributed by atoms with Crippen LogP contribution < -0.4 is 0 Å². The van der Waals surface area contributed by atoms with Crippen molar-refractivity contribution in [1.82, 2.24) is 20.2 Å². The Morgan fingerprint density at radius 1 is 1.04 bits per heavy atom. The van der Waals surface area contributed by atoms with Crippen LogP contribution in [0.1, 0.15) is 11.6 Å². The van der Waals surface area contributed by atoms with Crippen LogP contribution in [0.5, 0.6) is 0 Å². The SMILES string of the molecule is Cc1nc2ccccc2nc1SCc1nnc(-c2ccc([N+](=O)[O-])cc2)o1. The number of non-ortho nitro benzene ring substituents is 1. The van der Waals surface area contributed by atoms with Gasteiger partial charge in [0.1, 0.15) is 5.03 Å². The number of rotatable bonds is 5. The number of para-hydroxylation sites is 2. The second-order valence-corrected chi connectivity index (χ2v) is 6.66. The average molecular weight is 379 g/mol. The molecule has 2 heterocycles. The van der Waals surface area contributed by atoms with Crippen molar-refractivity contribution in [3.8, 4) is 11.5 Å². The normalized spacial score (nSPS) is 11.0. The number of aromatic nitrogens is 4. The number of nitro benzene ring substituents is 1. The number of hydrogen-bond donors (Lipinski definition) is 0. The van der Waals surface area contributed by atoms with Gasteiger partial charge in [0.2, 0.25) is 11.8 Å². The molecule has 27 heavy (non-hydrogen) atoms. The van der Waals surface area contributed by atoms with Gasteiger partial charge in [-0.15, -0.1) is 10.2 Å². The van der Waals surface area contributed by atoms with E-state index in [1.807, 2.05) is 31.2 Å². The van der Waals surface area contributed by atoms with Crippen LogP contribution in [0.25, 0.3) is 22.5 Å². The van der Waals surface area contributed by atoms with E-state index in [9.17, 15) is 10.1 Å². The maximum atomic E-state index is 10.7. The lowest BCUT2D eigenvalue weighted by Gasteiger charge is -2.04. The van der Waals surface area contributed by atoms with Crippen molar-refractivity contribution >= 4 is 28.5 Å². The van der Waals surface area contributed by atoms with Gasteiger partial charge in [0, 0.05) is 17.7 Å². The van der Waals surface area contributed by atoms with Gasteiger partial charge in [0.25, 0.3) is 5.69 Å². The van der Waals surface area contributed by atoms with Crippen molar-refractivity contribution in [2.24, 2.45) is 0 Å². The Labute approximate surface area is 157 Å². The highest BCUT2D eigenvalue weighted by molar-refractivity contribution is 7.98. The first kappa shape index (κ1) is 17.1. The Balaban J connectivity index is 1.50. The smallest absolute Gasteiger partial charge is 0.269 e. The molecule has 0 spiro atoms. The molecule has 0 N–H and O–H groups in total. The van der Waals surface area contributed by atoms with Gasteiger partial charge in [-0.1, -0.05) is 23.9 Å². The van der Waals surface area contributed by atoms with Gasteiger partial charge in [-0.2, -0.15) is 0 Å². The maximum absolute atomic E-state index is 10.7. The fourth-order valence-electron chi connectivity index (χ4n) is 2.49. The second-order valence-electron chi connectivity index (χ2n) is 5.70. The van der Waals surface area contributed by atoms with E-state index in [-0.39, 0.29) is 5.69 Å². The summed E-state index contributed by atoms with van der Waals surface area (Å²) in [6.07, 6.45) is 0. The molecule has 0 saturated carbocycles. The number of nitro groups is 1. The van der Waals surface area contributed by atoms with E-state index < -0.39 is 4.92 Å². The Bertz CT molecular complexity index is 1130. The van der Waals surface area contributed by atoms with Gasteiger partial charge in [0.15, 0.2) is 0 Å². The summed E-state index contributed by atoms with van der Waals surface area (Å²) in [6.45, 7) is 1.91. The highest BCUT2D eigenvalue weighted by Gasteiger charge is 2.13. The zero-order valence-electron chi connectivity index (χ0n) is 14.2. The van der Waals surface area contributed by atoms with Crippen LogP contribution in [-0.4, -0.2) is 25.1 Å². The second kappa shape index (κ2) is 7.12. The van der Waals surface area contributed by atoms with Gasteiger partial charge >= 0.3 is 0 Å². The van der Waals surface area contributed by atoms with Crippen molar-refractivity contribution < 1.29 is 9.34 Å². The summed E-state index contributed by atoms with van der Waals surface area (Å²) in [4.78, 5) is 19.5. The number of hydrogen-bond acceptors (Lipinski definition) is 8. The van der Waals surface area contributed by atoms with Crippen molar-refractivity contribution in [3.05, 3.63) is 70.2 Å². The summed E-state index contributed by atoms with van der Waals surface area (Å²) in [6, 6.07) is 13.7. The lowest BCUT2D eigenvalue weighted by Crippen LogP contribution is -1.93. The van der Waals surface area contributed by atoms with E-state index in [4.69, 9.17) is 4.42 Å². The van der Waals surface area contributed by atoms with Crippen LogP contribution in [0, 0.1) is 17.0 Å². The van der Waals surface area contributed by atoms with Crippen LogP contribution in [0.15, 0.2) is 58.0 Å². The Hall–Kier alpha value is -3.33. The number of aryl methyl sites for hydroxylation is 1. The molecule has 0 saturated heterocycles. The molecule has 0 amide bonds. The van der Waals surface area contributed by atoms with E-state index in [0.29, 0.717) is 23.1 Å². The zero-order valence-corrected chi connectivity index (χ0v) is 15.0. The molecule has 8 nitrogen and oxygen atoms in total. The minimum Gasteiger partial charge on any atom is -0.420 e. The third kappa shape index (κ3) is 3.63. The van der Waals surface area contributed by atoms with Crippen LogP contribution in [0.4, 0.5) is 5.69 Å². The average Bonchev–Trinajstić information content (AvgIpc) is 3.15. The zero-order chi connectivity index (χ0) is 18.8. The molecule has 134 valence electrons. The Morgan fingerprint density at radius 3 is 2.44 bits per heavy atom. The minimum absolute atomic E-state index is 0.0133. The monoisotopic (exact) mass is 379 g/mol. The quantitative estimate of drug-likeness (QED) is 0.288. The number of benzene rings is 2. The lowest BCUT2D eigenvalue weighted by atomic mass is 10.2. The van der Waals surface area contributed by atoms with Crippen LogP contribution in [-0.2, 0) is 5.75 Å². The van der Waals surface area contributed by atoms with Crippen LogP contribution in [0.2, 0.25) is 0 Å². The van der Waals surface area contributed by atoms with Gasteiger partial charge in [0.05, 0.1) is 27.4 Å². The molecule has 4 rings (SSSR count). The van der Waals surface area contributed by atoms with Crippen LogP contribution >= 0.6 is 11.8 Å². The predicted octanol–water partition coefficient (Wildman–Crippen LogP) is 4.19. The van der Waals surface area contributed by atoms with Crippen molar-refractivity contribution in [3.63, 3.8) is 0 Å². The van der Waals surface area contributed by atoms with E-state index >= 15 is 0 Å². The lowest BCUT2D eigenvalue weighted by molar-refractivity contribution is -0.384. The molecule has 0 radical (unpaired) electrons. The van der Waals surface area contributed by atoms with Crippen molar-refractivity contribution in [2.45, 2.75) is 17.7 Å². The molecule has 0 atom stereocenters. The molecule has 9 heteroatoms. The molecule has 2 aromatic carbocycles. The Kier molecular flexibility index (Phi) is 4.51. The van der Waals surface area contributed by atoms with Crippen LogP contribution in [0.3, 0.4) is 0 Å². The maximum Gasteiger partial charge on any atom is 0.269 e. The molecule has 0 unspecified atom stereocenters. The molecular weight excluding hydrogens is 366 g/mol. The van der Waals surface area contributed by atoms with Gasteiger partial charge < -0.3 is 4.42 Å². The van der Waals surface area contributed by atoms with Crippen molar-refractivity contribution in [2.75, 3.05) is 0 Å². The topological polar surface area (TPSA) is 108 Å². The Morgan fingerprint density at radius 2 is 1.74 bits per heavy atom. The van der Waals surface area contributed by atoms with E-state index in [0.717, 1.165) is 21.8 Å². The fraction of sp³-hybridized carbons (Fsp3) is 0.111. The molecule has 0 aliphatic heterocycles. The van der Waals surface area contributed by atoms with Gasteiger partial charge in [-0.3, -0.25) is 10.1 Å². The number of fused-ring (bicyclic) bond motifs is 1. The predicted molar refractivity (Wildman–Crippen MR) is 100 cm³/mol. The van der Waals surface area contributed by atoms with Gasteiger partial charge in [-0.25, -0.2) is 9.97 Å². The minimum atomic E-state index is -0.452. The third-order valence-corrected chi connectivity index (χ3v) is 4.88. The highest BCUT2D eigenvalue weighted by Crippen LogP contribution is 2.27. The highest BCUT2D eigenvalue weighted by atomic mass is 32.2. The fourth-order valence-corrected chi connectivity index (χ4v) is 3.29. The number of nitrogens with zero attached hydrogens (tertiary/aromatic N) is 5. The summed E-state index contributed by atoms with van der Waals surface area (Å²) >= 11 is 1.47. The summed E-state index contributed by atoms with van der Waals surface area (Å²) in [7, 11) is 0. The number of thioether (sulfide) groups is 1. The molecular formula is C18H13N5O3S. The summed E-state index contributed by atoms with van der Waals surface area (Å²) < 4.78 is 5.66. The molecule has 0 fully saturated rings. The van der Waals surface area contributed by atoms with E-state index in [1.165, 1.54) is 23.9 Å². The van der Waals surface area contributed by atoms with Crippen molar-refractivity contribution in [1.29, 1.82) is 0 Å². The summed E-state index contributed by atoms with van der Waals surface area (Å²) in [5.74, 6) is 1.22. The largest absolute Gasteiger partial charge is 0.420 e. The summed E-state index contributed by atoms with van der Waals surface area (Å²) in [5, 5.41) is 19.6. The standard InChI is InChI=1S/C18H13N5O3S/c1-11-18(20-15-5-3-2-4-14(15)19-11)27-10-16-21-22-17(26-16)12-6-8-13(9-7-12)23(24)25/h2-9H,10H2,1H3. The van der Waals surface area contributed by atoms with Gasteiger partial charge in [-0.05, 0) is 31.2 Å². The molecule has 0 aliphatic carbocycles. The molecule has 0 bridgehead atoms. The first-order chi connectivity index (χ1) is 13.1. The first-order valence-corrected chi connectivity index (χ1v) is 9.02.